The fourth-order valence-corrected chi connectivity index (χ4v) is 2.48. The van der Waals surface area contributed by atoms with E-state index in [0.29, 0.717) is 22.7 Å². The van der Waals surface area contributed by atoms with E-state index in [9.17, 15) is 9.59 Å². The summed E-state index contributed by atoms with van der Waals surface area (Å²) >= 11 is 1.72. The van der Waals surface area contributed by atoms with Crippen LogP contribution in [-0.2, 0) is 0 Å². The van der Waals surface area contributed by atoms with Crippen LogP contribution in [0.5, 0.6) is 0 Å². The second-order valence-electron chi connectivity index (χ2n) is 4.03. The molecule has 0 aliphatic heterocycles. The largest absolute Gasteiger partial charge is 0.373 e. The number of carbonyl (C=O) groups excluding carboxylic acids is 2. The van der Waals surface area contributed by atoms with Crippen LogP contribution in [0.15, 0.2) is 36.0 Å². The number of fused-ring (bicyclic) bond motifs is 1. The molecule has 1 N–H and O–H groups in total. The van der Waals surface area contributed by atoms with Crippen molar-refractivity contribution in [1.82, 2.24) is 5.32 Å². The molecule has 1 aromatic carbocycles. The molecule has 0 atom stereocenters. The normalized spacial score (nSPS) is 14.2. The lowest BCUT2D eigenvalue weighted by Crippen LogP contribution is -2.26. The quantitative estimate of drug-likeness (QED) is 0.654. The summed E-state index contributed by atoms with van der Waals surface area (Å²) in [6.07, 6.45) is 2.50. The number of hydrogen-bond donors (Lipinski definition) is 1. The molecule has 0 heterocycles. The van der Waals surface area contributed by atoms with Gasteiger partial charge in [0, 0.05) is 17.2 Å². The predicted molar refractivity (Wildman–Crippen MR) is 73.9 cm³/mol. The second-order valence-corrected chi connectivity index (χ2v) is 5.13. The van der Waals surface area contributed by atoms with E-state index < -0.39 is 0 Å². The maximum atomic E-state index is 12.1. The Morgan fingerprint density at radius 2 is 1.89 bits per heavy atom. The summed E-state index contributed by atoms with van der Waals surface area (Å²) in [5, 5.41) is 3.03. The van der Waals surface area contributed by atoms with Crippen LogP contribution in [0.25, 0.3) is 0 Å². The molecule has 0 saturated carbocycles. The average molecular weight is 261 g/mol. The molecule has 18 heavy (non-hydrogen) atoms. The second kappa shape index (κ2) is 5.87. The Labute approximate surface area is 111 Å². The topological polar surface area (TPSA) is 46.2 Å². The van der Waals surface area contributed by atoms with Gasteiger partial charge in [0.15, 0.2) is 5.78 Å². The maximum absolute atomic E-state index is 12.1. The molecular formula is C14H15NO2S. The Hall–Kier alpha value is -1.55. The molecule has 3 nitrogen and oxygen atoms in total. The summed E-state index contributed by atoms with van der Waals surface area (Å²) in [5.74, 6) is 1.50. The summed E-state index contributed by atoms with van der Waals surface area (Å²) in [6.45, 7) is 2.11. The third-order valence-corrected chi connectivity index (χ3v) is 3.72. The zero-order chi connectivity index (χ0) is 13.0. The first-order chi connectivity index (χ1) is 8.74. The van der Waals surface area contributed by atoms with Crippen LogP contribution in [0, 0.1) is 0 Å². The molecule has 1 aromatic rings. The Morgan fingerprint density at radius 3 is 2.61 bits per heavy atom. The highest BCUT2D eigenvalue weighted by Crippen LogP contribution is 2.19. The van der Waals surface area contributed by atoms with E-state index in [1.165, 1.54) is 6.08 Å². The number of thioether (sulfide) groups is 1. The van der Waals surface area contributed by atoms with Crippen LogP contribution in [-0.4, -0.2) is 23.2 Å². The summed E-state index contributed by atoms with van der Waals surface area (Å²) in [7, 11) is 0. The van der Waals surface area contributed by atoms with E-state index in [1.54, 1.807) is 36.0 Å². The molecule has 0 spiro atoms. The van der Waals surface area contributed by atoms with Gasteiger partial charge in [-0.1, -0.05) is 31.2 Å². The molecule has 0 unspecified atom stereocenters. The zero-order valence-electron chi connectivity index (χ0n) is 10.2. The number of allylic oxidation sites excluding steroid dienone is 2. The summed E-state index contributed by atoms with van der Waals surface area (Å²) in [5.41, 5.74) is 1.39. The van der Waals surface area contributed by atoms with Crippen molar-refractivity contribution in [2.24, 2.45) is 0 Å². The fourth-order valence-electron chi connectivity index (χ4n) is 1.79. The Morgan fingerprint density at radius 1 is 1.17 bits per heavy atom. The van der Waals surface area contributed by atoms with Crippen molar-refractivity contribution in [3.05, 3.63) is 47.2 Å². The molecule has 0 bridgehead atoms. The summed E-state index contributed by atoms with van der Waals surface area (Å²) < 4.78 is 0. The van der Waals surface area contributed by atoms with Gasteiger partial charge in [0.05, 0.1) is 11.6 Å². The summed E-state index contributed by atoms with van der Waals surface area (Å²) in [6, 6.07) is 6.93. The molecule has 94 valence electrons. The molecule has 0 radical (unpaired) electrons. The Bertz CT molecular complexity index is 508. The van der Waals surface area contributed by atoms with Crippen molar-refractivity contribution in [2.75, 3.05) is 11.6 Å². The smallest absolute Gasteiger partial charge is 0.209 e. The molecule has 0 saturated heterocycles. The number of benzene rings is 1. The van der Waals surface area contributed by atoms with Gasteiger partial charge in [-0.2, -0.15) is 0 Å². The molecule has 0 aromatic heterocycles. The molecule has 1 aliphatic rings. The number of nitrogens with one attached hydrogen (secondary N) is 1. The fraction of sp³-hybridized carbons (Fsp3) is 0.286. The first kappa shape index (κ1) is 12.9. The van der Waals surface area contributed by atoms with Crippen molar-refractivity contribution in [3.8, 4) is 0 Å². The maximum Gasteiger partial charge on any atom is 0.209 e. The van der Waals surface area contributed by atoms with Crippen LogP contribution in [0.4, 0.5) is 0 Å². The van der Waals surface area contributed by atoms with Gasteiger partial charge in [0.1, 0.15) is 0 Å². The van der Waals surface area contributed by atoms with Crippen molar-refractivity contribution in [1.29, 1.82) is 0 Å². The van der Waals surface area contributed by atoms with Gasteiger partial charge in [-0.3, -0.25) is 9.59 Å². The standard InChI is InChI=1S/C14H15NO2S/c1-2-7-18-9-15-12-8-13(16)10-5-3-4-6-11(10)14(12)17/h3-6,8,15H,2,7,9H2,1H3. The molecule has 4 heteroatoms. The van der Waals surface area contributed by atoms with Crippen molar-refractivity contribution >= 4 is 23.3 Å². The monoisotopic (exact) mass is 261 g/mol. The number of hydrogen-bond acceptors (Lipinski definition) is 4. The van der Waals surface area contributed by atoms with Crippen LogP contribution in [0.3, 0.4) is 0 Å². The van der Waals surface area contributed by atoms with Gasteiger partial charge in [-0.15, -0.1) is 11.8 Å². The van der Waals surface area contributed by atoms with E-state index in [0.717, 1.165) is 12.2 Å². The van der Waals surface area contributed by atoms with Gasteiger partial charge >= 0.3 is 0 Å². The third-order valence-electron chi connectivity index (χ3n) is 2.67. The Kier molecular flexibility index (Phi) is 4.20. The lowest BCUT2D eigenvalue weighted by Gasteiger charge is -2.16. The van der Waals surface area contributed by atoms with Crippen molar-refractivity contribution < 1.29 is 9.59 Å². The van der Waals surface area contributed by atoms with Gasteiger partial charge in [0.25, 0.3) is 0 Å². The van der Waals surface area contributed by atoms with Crippen molar-refractivity contribution in [2.45, 2.75) is 13.3 Å². The minimum atomic E-state index is -0.104. The SMILES string of the molecule is CCCSCNC1=CC(=O)c2ccccc2C1=O. The third kappa shape index (κ3) is 2.64. The van der Waals surface area contributed by atoms with E-state index in [4.69, 9.17) is 0 Å². The van der Waals surface area contributed by atoms with E-state index in [1.807, 2.05) is 0 Å². The van der Waals surface area contributed by atoms with Gasteiger partial charge in [0.2, 0.25) is 5.78 Å². The summed E-state index contributed by atoms with van der Waals surface area (Å²) in [4.78, 5) is 24.0. The van der Waals surface area contributed by atoms with E-state index in [-0.39, 0.29) is 11.6 Å². The molecular weight excluding hydrogens is 246 g/mol. The van der Waals surface area contributed by atoms with E-state index >= 15 is 0 Å². The number of carbonyl (C=O) groups is 2. The number of Topliss-reactive ketones (excluding diaryl/α,β-unsaturated/α-hetero) is 1. The van der Waals surface area contributed by atoms with Crippen LogP contribution >= 0.6 is 11.8 Å². The van der Waals surface area contributed by atoms with Crippen molar-refractivity contribution in [3.63, 3.8) is 0 Å². The molecule has 0 fully saturated rings. The van der Waals surface area contributed by atoms with Crippen LogP contribution < -0.4 is 5.32 Å². The molecule has 1 aliphatic carbocycles. The first-order valence-electron chi connectivity index (χ1n) is 5.95. The number of rotatable bonds is 5. The van der Waals surface area contributed by atoms with E-state index in [2.05, 4.69) is 12.2 Å². The minimum absolute atomic E-state index is 0.0951. The lowest BCUT2D eigenvalue weighted by atomic mass is 9.93. The average Bonchev–Trinajstić information content (AvgIpc) is 2.40. The molecule has 0 amide bonds. The number of ketones is 2. The van der Waals surface area contributed by atoms with Gasteiger partial charge < -0.3 is 5.32 Å². The Balaban J connectivity index is 2.11. The predicted octanol–water partition coefficient (Wildman–Crippen LogP) is 2.64. The highest BCUT2D eigenvalue weighted by atomic mass is 32.2. The first-order valence-corrected chi connectivity index (χ1v) is 7.11. The van der Waals surface area contributed by atoms with Crippen LogP contribution in [0.2, 0.25) is 0 Å². The zero-order valence-corrected chi connectivity index (χ0v) is 11.0. The van der Waals surface area contributed by atoms with Gasteiger partial charge in [-0.25, -0.2) is 0 Å². The lowest BCUT2D eigenvalue weighted by molar-refractivity contribution is 0.0979. The van der Waals surface area contributed by atoms with Gasteiger partial charge in [-0.05, 0) is 12.2 Å². The van der Waals surface area contributed by atoms with Crippen LogP contribution in [0.1, 0.15) is 34.1 Å². The molecule has 2 rings (SSSR count). The minimum Gasteiger partial charge on any atom is -0.373 e. The highest BCUT2D eigenvalue weighted by Gasteiger charge is 2.24. The highest BCUT2D eigenvalue weighted by molar-refractivity contribution is 7.99.